The Balaban J connectivity index is 1.85. The number of hydrogen-bond donors (Lipinski definition) is 1. The van der Waals surface area contributed by atoms with E-state index in [0.717, 1.165) is 24.5 Å². The van der Waals surface area contributed by atoms with Gasteiger partial charge < -0.3 is 10.5 Å². The largest absolute Gasteiger partial charge is 0.375 e. The molecule has 4 rings (SSSR count). The van der Waals surface area contributed by atoms with Crippen LogP contribution in [-0.2, 0) is 23.1 Å². The van der Waals surface area contributed by atoms with Crippen LogP contribution >= 0.6 is 0 Å². The van der Waals surface area contributed by atoms with Gasteiger partial charge in [0.15, 0.2) is 0 Å². The number of carbonyl (C=O) groups excluding carboxylic acids is 1. The average molecular weight is 298 g/mol. The van der Waals surface area contributed by atoms with Gasteiger partial charge in [-0.15, -0.1) is 0 Å². The van der Waals surface area contributed by atoms with Crippen molar-refractivity contribution in [2.75, 3.05) is 6.61 Å². The molecule has 0 radical (unpaired) electrons. The lowest BCUT2D eigenvalue weighted by molar-refractivity contribution is 0.0983. The number of pyridine rings is 1. The summed E-state index contributed by atoms with van der Waals surface area (Å²) in [7, 11) is 1.28. The standard InChI is InChI=1S/C17H23BN2O2/c19-16(21)14-9-13(12-5-8-22-10-15(12)20-14)17-6-1-3-11(18-17)4-2-7-17/h9,11,18H,1-8,10H2,(H2,19,21). The number of amides is 1. The number of fused-ring (bicyclic) bond motifs is 3. The van der Waals surface area contributed by atoms with E-state index in [1.165, 1.54) is 56.9 Å². The van der Waals surface area contributed by atoms with Crippen LogP contribution in [0.1, 0.15) is 65.8 Å². The second kappa shape index (κ2) is 5.37. The number of ether oxygens (including phenoxy) is 1. The number of nitrogens with two attached hydrogens (primary N) is 1. The van der Waals surface area contributed by atoms with Crippen LogP contribution in [0.4, 0.5) is 0 Å². The molecule has 2 fully saturated rings. The number of nitrogens with zero attached hydrogens (tertiary/aromatic N) is 1. The molecule has 3 aliphatic heterocycles. The second-order valence-electron chi connectivity index (χ2n) is 7.28. The molecule has 0 atom stereocenters. The predicted molar refractivity (Wildman–Crippen MR) is 86.4 cm³/mol. The highest BCUT2D eigenvalue weighted by Gasteiger charge is 2.43. The summed E-state index contributed by atoms with van der Waals surface area (Å²) in [6, 6.07) is 2.01. The SMILES string of the molecule is NC(=O)c1cc(C23BC(CCC2)CCC3)c2c(n1)COCC2. The van der Waals surface area contributed by atoms with Gasteiger partial charge in [0.05, 0.1) is 18.9 Å². The first-order chi connectivity index (χ1) is 10.7. The Hall–Kier alpha value is -1.36. The Labute approximate surface area is 132 Å². The van der Waals surface area contributed by atoms with Gasteiger partial charge in [0.2, 0.25) is 0 Å². The van der Waals surface area contributed by atoms with Crippen molar-refractivity contribution in [2.45, 2.75) is 62.7 Å². The summed E-state index contributed by atoms with van der Waals surface area (Å²) in [6.07, 6.45) is 8.79. The van der Waals surface area contributed by atoms with Crippen LogP contribution in [0.25, 0.3) is 0 Å². The van der Waals surface area contributed by atoms with Crippen molar-refractivity contribution in [3.63, 3.8) is 0 Å². The van der Waals surface area contributed by atoms with Gasteiger partial charge in [-0.05, 0) is 28.9 Å². The lowest BCUT2D eigenvalue weighted by atomic mass is 9.34. The number of primary amides is 1. The second-order valence-corrected chi connectivity index (χ2v) is 7.28. The first-order valence-corrected chi connectivity index (χ1v) is 8.59. The number of hydrogen-bond acceptors (Lipinski definition) is 3. The molecule has 4 nitrogen and oxygen atoms in total. The van der Waals surface area contributed by atoms with E-state index in [9.17, 15) is 4.79 Å². The van der Waals surface area contributed by atoms with Crippen molar-refractivity contribution in [3.8, 4) is 0 Å². The Bertz CT molecular complexity index is 607. The van der Waals surface area contributed by atoms with Crippen LogP contribution in [-0.4, -0.2) is 24.8 Å². The Morgan fingerprint density at radius 3 is 2.86 bits per heavy atom. The van der Waals surface area contributed by atoms with Crippen molar-refractivity contribution >= 4 is 13.2 Å². The molecule has 1 aromatic heterocycles. The molecule has 1 amide bonds. The third-order valence-corrected chi connectivity index (χ3v) is 5.98. The third-order valence-electron chi connectivity index (χ3n) is 5.98. The lowest BCUT2D eigenvalue weighted by Crippen LogP contribution is -2.43. The number of carbonyl (C=O) groups is 1. The first-order valence-electron chi connectivity index (χ1n) is 8.59. The molecule has 2 N–H and O–H groups in total. The van der Waals surface area contributed by atoms with Gasteiger partial charge in [-0.3, -0.25) is 4.79 Å². The van der Waals surface area contributed by atoms with E-state index < -0.39 is 5.91 Å². The molecular formula is C17H23BN2O2. The van der Waals surface area contributed by atoms with Crippen LogP contribution < -0.4 is 5.73 Å². The summed E-state index contributed by atoms with van der Waals surface area (Å²) in [5, 5.41) is 0.260. The topological polar surface area (TPSA) is 65.2 Å². The van der Waals surface area contributed by atoms with Crippen LogP contribution in [0.15, 0.2) is 6.07 Å². The highest BCUT2D eigenvalue weighted by atomic mass is 16.5. The van der Waals surface area contributed by atoms with Gasteiger partial charge in [0.1, 0.15) is 13.0 Å². The monoisotopic (exact) mass is 298 g/mol. The van der Waals surface area contributed by atoms with E-state index in [1.807, 2.05) is 6.07 Å². The Morgan fingerprint density at radius 2 is 2.14 bits per heavy atom. The maximum absolute atomic E-state index is 11.7. The van der Waals surface area contributed by atoms with Gasteiger partial charge in [-0.1, -0.05) is 44.3 Å². The van der Waals surface area contributed by atoms with Crippen molar-refractivity contribution in [1.29, 1.82) is 0 Å². The molecule has 0 saturated carbocycles. The van der Waals surface area contributed by atoms with Gasteiger partial charge in [-0.25, -0.2) is 4.98 Å². The fourth-order valence-electron chi connectivity index (χ4n) is 5.03. The minimum absolute atomic E-state index is 0.260. The van der Waals surface area contributed by atoms with Gasteiger partial charge in [-0.2, -0.15) is 0 Å². The summed E-state index contributed by atoms with van der Waals surface area (Å²) in [4.78, 5) is 16.2. The summed E-state index contributed by atoms with van der Waals surface area (Å²) >= 11 is 0. The molecule has 0 aliphatic carbocycles. The lowest BCUT2D eigenvalue weighted by Gasteiger charge is -2.46. The normalized spacial score (nSPS) is 30.3. The van der Waals surface area contributed by atoms with E-state index in [1.54, 1.807) is 0 Å². The zero-order chi connectivity index (χ0) is 15.2. The van der Waals surface area contributed by atoms with E-state index in [2.05, 4.69) is 4.98 Å². The molecule has 22 heavy (non-hydrogen) atoms. The number of rotatable bonds is 2. The van der Waals surface area contributed by atoms with E-state index in [4.69, 9.17) is 10.5 Å². The fraction of sp³-hybridized carbons (Fsp3) is 0.647. The molecule has 1 aromatic rings. The molecule has 116 valence electrons. The maximum Gasteiger partial charge on any atom is 0.267 e. The minimum atomic E-state index is -0.422. The van der Waals surface area contributed by atoms with E-state index in [0.29, 0.717) is 12.3 Å². The number of aromatic nitrogens is 1. The van der Waals surface area contributed by atoms with Crippen LogP contribution in [0.3, 0.4) is 0 Å². The Morgan fingerprint density at radius 1 is 1.36 bits per heavy atom. The summed E-state index contributed by atoms with van der Waals surface area (Å²) < 4.78 is 5.56. The minimum Gasteiger partial charge on any atom is -0.375 e. The highest BCUT2D eigenvalue weighted by Crippen LogP contribution is 2.49. The smallest absolute Gasteiger partial charge is 0.267 e. The van der Waals surface area contributed by atoms with Gasteiger partial charge >= 0.3 is 0 Å². The summed E-state index contributed by atoms with van der Waals surface area (Å²) in [5.41, 5.74) is 9.61. The van der Waals surface area contributed by atoms with Crippen LogP contribution in [0.2, 0.25) is 5.82 Å². The fourth-order valence-corrected chi connectivity index (χ4v) is 5.03. The average Bonchev–Trinajstić information content (AvgIpc) is 2.54. The van der Waals surface area contributed by atoms with Crippen molar-refractivity contribution in [1.82, 2.24) is 4.98 Å². The maximum atomic E-state index is 11.7. The molecule has 0 unspecified atom stereocenters. The van der Waals surface area contributed by atoms with Crippen molar-refractivity contribution in [2.24, 2.45) is 5.73 Å². The zero-order valence-electron chi connectivity index (χ0n) is 13.1. The molecular weight excluding hydrogens is 275 g/mol. The zero-order valence-corrected chi connectivity index (χ0v) is 13.1. The van der Waals surface area contributed by atoms with Crippen LogP contribution in [0, 0.1) is 0 Å². The molecule has 4 heterocycles. The van der Waals surface area contributed by atoms with E-state index >= 15 is 0 Å². The highest BCUT2D eigenvalue weighted by molar-refractivity contribution is 6.43. The summed E-state index contributed by atoms with van der Waals surface area (Å²) in [5.74, 6) is 0.442. The quantitative estimate of drug-likeness (QED) is 0.850. The van der Waals surface area contributed by atoms with Crippen LogP contribution in [0.5, 0.6) is 0 Å². The predicted octanol–water partition coefficient (Wildman–Crippen LogP) is 2.04. The van der Waals surface area contributed by atoms with Crippen molar-refractivity contribution in [3.05, 3.63) is 28.6 Å². The molecule has 2 saturated heterocycles. The van der Waals surface area contributed by atoms with E-state index in [-0.39, 0.29) is 5.31 Å². The third kappa shape index (κ3) is 2.26. The van der Waals surface area contributed by atoms with Gasteiger partial charge in [0.25, 0.3) is 5.91 Å². The van der Waals surface area contributed by atoms with Crippen molar-refractivity contribution < 1.29 is 9.53 Å². The first kappa shape index (κ1) is 14.3. The van der Waals surface area contributed by atoms with Gasteiger partial charge in [0, 0.05) is 0 Å². The summed E-state index contributed by atoms with van der Waals surface area (Å²) in [6.45, 7) is 1.28. The molecule has 0 spiro atoms. The molecule has 5 heteroatoms. The molecule has 2 bridgehead atoms. The Kier molecular flexibility index (Phi) is 3.48. The molecule has 3 aliphatic rings. The molecule has 0 aromatic carbocycles.